The maximum Gasteiger partial charge on any atom is 0.310 e. The average Bonchev–Trinajstić information content (AvgIpc) is 2.28. The highest BCUT2D eigenvalue weighted by Crippen LogP contribution is 2.24. The highest BCUT2D eigenvalue weighted by atomic mass is 19.1. The number of carbonyl (C=O) groups is 2. The van der Waals surface area contributed by atoms with Crippen molar-refractivity contribution in [3.63, 3.8) is 0 Å². The molecule has 1 aromatic carbocycles. The minimum absolute atomic E-state index is 0.0454. The molecule has 0 fully saturated rings. The third-order valence-corrected chi connectivity index (χ3v) is 2.05. The maximum atomic E-state index is 13.4. The standard InChI is InChI=1S/C11H11FO4/c1-15-10(14)5-8-3-7(6-13)4-9(12)11(8)16-2/h3-4,6H,5H2,1-2H3. The Morgan fingerprint density at radius 3 is 2.62 bits per heavy atom. The van der Waals surface area contributed by atoms with Gasteiger partial charge in [0.25, 0.3) is 0 Å². The van der Waals surface area contributed by atoms with E-state index in [9.17, 15) is 14.0 Å². The van der Waals surface area contributed by atoms with Gasteiger partial charge in [0.05, 0.1) is 20.6 Å². The normalized spacial score (nSPS) is 9.69. The number of methoxy groups -OCH3 is 2. The minimum atomic E-state index is -0.675. The second-order valence-electron chi connectivity index (χ2n) is 3.07. The summed E-state index contributed by atoms with van der Waals surface area (Å²) in [7, 11) is 2.52. The third-order valence-electron chi connectivity index (χ3n) is 2.05. The van der Waals surface area contributed by atoms with Crippen LogP contribution in [0, 0.1) is 5.82 Å². The first-order valence-electron chi connectivity index (χ1n) is 4.50. The number of hydrogen-bond donors (Lipinski definition) is 0. The van der Waals surface area contributed by atoms with Crippen LogP contribution in [-0.4, -0.2) is 26.5 Å². The first-order valence-corrected chi connectivity index (χ1v) is 4.50. The molecule has 0 aliphatic rings. The van der Waals surface area contributed by atoms with Crippen molar-refractivity contribution in [2.45, 2.75) is 6.42 Å². The van der Waals surface area contributed by atoms with Gasteiger partial charge in [0.2, 0.25) is 0 Å². The van der Waals surface area contributed by atoms with Gasteiger partial charge in [0.1, 0.15) is 6.29 Å². The van der Waals surface area contributed by atoms with Crippen molar-refractivity contribution in [1.82, 2.24) is 0 Å². The van der Waals surface area contributed by atoms with Crippen LogP contribution in [0.3, 0.4) is 0 Å². The van der Waals surface area contributed by atoms with E-state index in [0.717, 1.165) is 6.07 Å². The van der Waals surface area contributed by atoms with Crippen LogP contribution in [0.2, 0.25) is 0 Å². The first kappa shape index (κ1) is 12.2. The van der Waals surface area contributed by atoms with Crippen molar-refractivity contribution in [2.75, 3.05) is 14.2 Å². The van der Waals surface area contributed by atoms with Crippen LogP contribution in [0.15, 0.2) is 12.1 Å². The van der Waals surface area contributed by atoms with E-state index in [2.05, 4.69) is 4.74 Å². The van der Waals surface area contributed by atoms with Crippen LogP contribution in [0.5, 0.6) is 5.75 Å². The zero-order valence-electron chi connectivity index (χ0n) is 8.95. The summed E-state index contributed by atoms with van der Waals surface area (Å²) < 4.78 is 22.7. The molecular weight excluding hydrogens is 215 g/mol. The lowest BCUT2D eigenvalue weighted by Crippen LogP contribution is -2.07. The molecule has 16 heavy (non-hydrogen) atoms. The van der Waals surface area contributed by atoms with Crippen molar-refractivity contribution in [3.8, 4) is 5.75 Å². The van der Waals surface area contributed by atoms with Gasteiger partial charge in [-0.3, -0.25) is 9.59 Å². The maximum absolute atomic E-state index is 13.4. The molecule has 0 bridgehead atoms. The molecule has 0 saturated heterocycles. The summed E-state index contributed by atoms with van der Waals surface area (Å²) in [4.78, 5) is 21.6. The summed E-state index contributed by atoms with van der Waals surface area (Å²) in [5, 5.41) is 0. The largest absolute Gasteiger partial charge is 0.493 e. The Balaban J connectivity index is 3.17. The smallest absolute Gasteiger partial charge is 0.310 e. The fourth-order valence-electron chi connectivity index (χ4n) is 1.33. The summed E-state index contributed by atoms with van der Waals surface area (Å²) >= 11 is 0. The highest BCUT2D eigenvalue weighted by Gasteiger charge is 2.14. The topological polar surface area (TPSA) is 52.6 Å². The molecule has 0 spiro atoms. The second-order valence-corrected chi connectivity index (χ2v) is 3.07. The van der Waals surface area contributed by atoms with E-state index < -0.39 is 11.8 Å². The molecule has 0 N–H and O–H groups in total. The summed E-state index contributed by atoms with van der Waals surface area (Å²) in [6, 6.07) is 2.44. The first-order chi connectivity index (χ1) is 7.62. The molecule has 1 aromatic rings. The summed E-state index contributed by atoms with van der Waals surface area (Å²) in [6.45, 7) is 0. The lowest BCUT2D eigenvalue weighted by molar-refractivity contribution is -0.139. The van der Waals surface area contributed by atoms with Crippen molar-refractivity contribution in [3.05, 3.63) is 29.1 Å². The number of halogens is 1. The van der Waals surface area contributed by atoms with Gasteiger partial charge in [-0.05, 0) is 12.1 Å². The molecule has 0 aliphatic carbocycles. The predicted molar refractivity (Wildman–Crippen MR) is 54.1 cm³/mol. The van der Waals surface area contributed by atoms with Gasteiger partial charge in [0, 0.05) is 11.1 Å². The van der Waals surface area contributed by atoms with Gasteiger partial charge in [-0.1, -0.05) is 0 Å². The molecule has 4 nitrogen and oxygen atoms in total. The number of rotatable bonds is 4. The summed E-state index contributed by atoms with van der Waals surface area (Å²) in [6.07, 6.45) is 0.363. The number of hydrogen-bond acceptors (Lipinski definition) is 4. The lowest BCUT2D eigenvalue weighted by atomic mass is 10.1. The number of carbonyl (C=O) groups excluding carboxylic acids is 2. The van der Waals surface area contributed by atoms with Gasteiger partial charge in [-0.15, -0.1) is 0 Å². The van der Waals surface area contributed by atoms with Gasteiger partial charge < -0.3 is 9.47 Å². The van der Waals surface area contributed by atoms with Crippen LogP contribution in [0.4, 0.5) is 4.39 Å². The highest BCUT2D eigenvalue weighted by molar-refractivity contribution is 5.78. The van der Waals surface area contributed by atoms with Crippen LogP contribution in [0.1, 0.15) is 15.9 Å². The van der Waals surface area contributed by atoms with E-state index in [1.54, 1.807) is 0 Å². The third kappa shape index (κ3) is 2.56. The molecule has 1 rings (SSSR count). The molecule has 0 amide bonds. The van der Waals surface area contributed by atoms with Crippen molar-refractivity contribution >= 4 is 12.3 Å². The monoisotopic (exact) mass is 226 g/mol. The van der Waals surface area contributed by atoms with Crippen LogP contribution in [-0.2, 0) is 16.0 Å². The van der Waals surface area contributed by atoms with Gasteiger partial charge in [-0.2, -0.15) is 0 Å². The Morgan fingerprint density at radius 1 is 1.44 bits per heavy atom. The Bertz CT molecular complexity index is 415. The summed E-state index contributed by atoms with van der Waals surface area (Å²) in [5.74, 6) is -1.25. The zero-order valence-corrected chi connectivity index (χ0v) is 8.95. The average molecular weight is 226 g/mol. The Labute approximate surface area is 92.0 Å². The minimum Gasteiger partial charge on any atom is -0.493 e. The number of esters is 1. The Hall–Kier alpha value is -1.91. The molecule has 0 saturated carbocycles. The SMILES string of the molecule is COC(=O)Cc1cc(C=O)cc(F)c1OC. The van der Waals surface area contributed by atoms with E-state index >= 15 is 0 Å². The summed E-state index contributed by atoms with van der Waals surface area (Å²) in [5.41, 5.74) is 0.439. The van der Waals surface area contributed by atoms with Crippen molar-refractivity contribution in [2.24, 2.45) is 0 Å². The van der Waals surface area contributed by atoms with Crippen LogP contribution < -0.4 is 4.74 Å². The zero-order chi connectivity index (χ0) is 12.1. The molecule has 0 atom stereocenters. The Kier molecular flexibility index (Phi) is 3.99. The number of aldehydes is 1. The molecule has 86 valence electrons. The van der Waals surface area contributed by atoms with E-state index in [-0.39, 0.29) is 23.3 Å². The van der Waals surface area contributed by atoms with Crippen LogP contribution >= 0.6 is 0 Å². The number of benzene rings is 1. The van der Waals surface area contributed by atoms with E-state index in [0.29, 0.717) is 6.29 Å². The van der Waals surface area contributed by atoms with Crippen molar-refractivity contribution < 1.29 is 23.5 Å². The molecule has 5 heteroatoms. The van der Waals surface area contributed by atoms with Crippen LogP contribution in [0.25, 0.3) is 0 Å². The molecule has 0 aromatic heterocycles. The fraction of sp³-hybridized carbons (Fsp3) is 0.273. The predicted octanol–water partition coefficient (Wildman–Crippen LogP) is 1.36. The molecule has 0 radical (unpaired) electrons. The van der Waals surface area contributed by atoms with Gasteiger partial charge >= 0.3 is 5.97 Å². The lowest BCUT2D eigenvalue weighted by Gasteiger charge is -2.09. The van der Waals surface area contributed by atoms with Crippen molar-refractivity contribution in [1.29, 1.82) is 0 Å². The number of ether oxygens (including phenoxy) is 2. The van der Waals surface area contributed by atoms with E-state index in [1.165, 1.54) is 20.3 Å². The molecule has 0 heterocycles. The molecule has 0 unspecified atom stereocenters. The molecular formula is C11H11FO4. The van der Waals surface area contributed by atoms with Gasteiger partial charge in [0.15, 0.2) is 11.6 Å². The molecule has 0 aliphatic heterocycles. The quantitative estimate of drug-likeness (QED) is 0.574. The van der Waals surface area contributed by atoms with E-state index in [4.69, 9.17) is 4.74 Å². The fourth-order valence-corrected chi connectivity index (χ4v) is 1.33. The Morgan fingerprint density at radius 2 is 2.12 bits per heavy atom. The second kappa shape index (κ2) is 5.25. The van der Waals surface area contributed by atoms with E-state index in [1.807, 2.05) is 0 Å². The van der Waals surface area contributed by atoms with Gasteiger partial charge in [-0.25, -0.2) is 4.39 Å².